The van der Waals surface area contributed by atoms with Crippen molar-refractivity contribution in [3.05, 3.63) is 0 Å². The van der Waals surface area contributed by atoms with E-state index in [9.17, 15) is 4.79 Å². The Hall–Kier alpha value is -0.570. The van der Waals surface area contributed by atoms with Crippen LogP contribution in [0.1, 0.15) is 51.9 Å². The maximum atomic E-state index is 12.0. The van der Waals surface area contributed by atoms with Gasteiger partial charge in [-0.1, -0.05) is 19.8 Å². The van der Waals surface area contributed by atoms with Crippen molar-refractivity contribution >= 4 is 5.97 Å². The van der Waals surface area contributed by atoms with Gasteiger partial charge in [0.05, 0.1) is 7.11 Å². The molecule has 2 fully saturated rings. The van der Waals surface area contributed by atoms with Crippen molar-refractivity contribution in [2.24, 2.45) is 5.92 Å². The summed E-state index contributed by atoms with van der Waals surface area (Å²) in [4.78, 5) is 12.0. The summed E-state index contributed by atoms with van der Waals surface area (Å²) in [6.45, 7) is 2.28. The van der Waals surface area contributed by atoms with E-state index in [1.807, 2.05) is 0 Å². The Balaban J connectivity index is 2.08. The molecule has 92 valence electrons. The highest BCUT2D eigenvalue weighted by Gasteiger charge is 2.43. The molecule has 3 heteroatoms. The Morgan fingerprint density at radius 3 is 2.62 bits per heavy atom. The second kappa shape index (κ2) is 4.74. The van der Waals surface area contributed by atoms with Gasteiger partial charge in [-0.2, -0.15) is 0 Å². The van der Waals surface area contributed by atoms with Crippen LogP contribution in [0.4, 0.5) is 0 Å². The molecule has 0 amide bonds. The minimum atomic E-state index is -0.374. The molecule has 2 atom stereocenters. The first-order valence-electron chi connectivity index (χ1n) is 6.52. The van der Waals surface area contributed by atoms with E-state index in [4.69, 9.17) is 4.74 Å². The predicted molar refractivity (Wildman–Crippen MR) is 63.2 cm³/mol. The van der Waals surface area contributed by atoms with Crippen LogP contribution >= 0.6 is 0 Å². The van der Waals surface area contributed by atoms with E-state index in [0.29, 0.717) is 6.04 Å². The van der Waals surface area contributed by atoms with E-state index < -0.39 is 0 Å². The predicted octanol–water partition coefficient (Wildman–Crippen LogP) is 2.25. The van der Waals surface area contributed by atoms with Gasteiger partial charge in [0.15, 0.2) is 0 Å². The SMILES string of the molecule is COC(=O)C1(NC2CC2)CCCC(C)CC1. The lowest BCUT2D eigenvalue weighted by Gasteiger charge is -2.31. The Kier molecular flexibility index (Phi) is 3.53. The summed E-state index contributed by atoms with van der Waals surface area (Å²) in [5.74, 6) is 0.695. The third-order valence-electron chi connectivity index (χ3n) is 4.00. The van der Waals surface area contributed by atoms with E-state index in [1.54, 1.807) is 0 Å². The minimum absolute atomic E-state index is 0.0477. The zero-order chi connectivity index (χ0) is 11.6. The number of hydrogen-bond acceptors (Lipinski definition) is 3. The summed E-state index contributed by atoms with van der Waals surface area (Å²) in [7, 11) is 1.51. The molecular formula is C13H23NO2. The second-order valence-electron chi connectivity index (χ2n) is 5.53. The van der Waals surface area contributed by atoms with Gasteiger partial charge in [0, 0.05) is 6.04 Å². The number of carbonyl (C=O) groups excluding carboxylic acids is 1. The van der Waals surface area contributed by atoms with E-state index >= 15 is 0 Å². The lowest BCUT2D eigenvalue weighted by molar-refractivity contribution is -0.149. The first-order chi connectivity index (χ1) is 7.66. The van der Waals surface area contributed by atoms with Crippen LogP contribution in [0.25, 0.3) is 0 Å². The number of ether oxygens (including phenoxy) is 1. The van der Waals surface area contributed by atoms with Crippen LogP contribution in [0.3, 0.4) is 0 Å². The van der Waals surface area contributed by atoms with Crippen molar-refractivity contribution < 1.29 is 9.53 Å². The number of methoxy groups -OCH3 is 1. The van der Waals surface area contributed by atoms with Crippen LogP contribution in [-0.4, -0.2) is 24.7 Å². The zero-order valence-electron chi connectivity index (χ0n) is 10.4. The molecule has 3 nitrogen and oxygen atoms in total. The average Bonchev–Trinajstić information content (AvgIpc) is 3.08. The molecule has 0 aromatic heterocycles. The molecule has 2 unspecified atom stereocenters. The Morgan fingerprint density at radius 2 is 2.00 bits per heavy atom. The molecule has 0 saturated heterocycles. The minimum Gasteiger partial charge on any atom is -0.468 e. The van der Waals surface area contributed by atoms with Crippen molar-refractivity contribution in [1.29, 1.82) is 0 Å². The zero-order valence-corrected chi connectivity index (χ0v) is 10.4. The fraction of sp³-hybridized carbons (Fsp3) is 0.923. The van der Waals surface area contributed by atoms with Crippen molar-refractivity contribution in [1.82, 2.24) is 5.32 Å². The number of esters is 1. The van der Waals surface area contributed by atoms with Gasteiger partial charge < -0.3 is 4.74 Å². The number of nitrogens with one attached hydrogen (secondary N) is 1. The summed E-state index contributed by atoms with van der Waals surface area (Å²) in [5, 5.41) is 3.54. The molecular weight excluding hydrogens is 202 g/mol. The second-order valence-corrected chi connectivity index (χ2v) is 5.53. The van der Waals surface area contributed by atoms with E-state index in [-0.39, 0.29) is 11.5 Å². The number of carbonyl (C=O) groups is 1. The molecule has 0 aromatic rings. The van der Waals surface area contributed by atoms with E-state index in [0.717, 1.165) is 31.6 Å². The first kappa shape index (κ1) is 11.9. The van der Waals surface area contributed by atoms with Crippen LogP contribution < -0.4 is 5.32 Å². The van der Waals surface area contributed by atoms with Gasteiger partial charge >= 0.3 is 5.97 Å². The summed E-state index contributed by atoms with van der Waals surface area (Å²) in [6, 6.07) is 0.563. The van der Waals surface area contributed by atoms with Crippen molar-refractivity contribution in [3.8, 4) is 0 Å². The van der Waals surface area contributed by atoms with E-state index in [1.165, 1.54) is 26.4 Å². The molecule has 2 aliphatic rings. The molecule has 0 radical (unpaired) electrons. The van der Waals surface area contributed by atoms with Crippen LogP contribution in [0.5, 0.6) is 0 Å². The van der Waals surface area contributed by atoms with Gasteiger partial charge in [0.25, 0.3) is 0 Å². The molecule has 0 bridgehead atoms. The highest BCUT2D eigenvalue weighted by molar-refractivity contribution is 5.80. The first-order valence-corrected chi connectivity index (χ1v) is 6.52. The highest BCUT2D eigenvalue weighted by Crippen LogP contribution is 2.34. The summed E-state index contributed by atoms with van der Waals surface area (Å²) in [6.07, 6.45) is 7.83. The fourth-order valence-electron chi connectivity index (χ4n) is 2.74. The number of hydrogen-bond donors (Lipinski definition) is 1. The monoisotopic (exact) mass is 225 g/mol. The van der Waals surface area contributed by atoms with Gasteiger partial charge in [-0.15, -0.1) is 0 Å². The molecule has 2 aliphatic carbocycles. The Bertz CT molecular complexity index is 263. The molecule has 0 aromatic carbocycles. The van der Waals surface area contributed by atoms with Gasteiger partial charge in [0.2, 0.25) is 0 Å². The largest absolute Gasteiger partial charge is 0.468 e. The van der Waals surface area contributed by atoms with E-state index in [2.05, 4.69) is 12.2 Å². The van der Waals surface area contributed by atoms with Crippen molar-refractivity contribution in [2.75, 3.05) is 7.11 Å². The van der Waals surface area contributed by atoms with Gasteiger partial charge in [-0.3, -0.25) is 10.1 Å². The average molecular weight is 225 g/mol. The van der Waals surface area contributed by atoms with Crippen molar-refractivity contribution in [3.63, 3.8) is 0 Å². The lowest BCUT2D eigenvalue weighted by atomic mass is 9.89. The topological polar surface area (TPSA) is 38.3 Å². The summed E-state index contributed by atoms with van der Waals surface area (Å²) >= 11 is 0. The number of rotatable bonds is 3. The standard InChI is InChI=1S/C13H23NO2/c1-10-4-3-8-13(9-7-10,12(15)16-2)14-11-5-6-11/h10-11,14H,3-9H2,1-2H3. The third-order valence-corrected chi connectivity index (χ3v) is 4.00. The van der Waals surface area contributed by atoms with Gasteiger partial charge in [-0.05, 0) is 38.0 Å². The fourth-order valence-corrected chi connectivity index (χ4v) is 2.74. The van der Waals surface area contributed by atoms with Gasteiger partial charge in [-0.25, -0.2) is 0 Å². The van der Waals surface area contributed by atoms with Crippen LogP contribution in [0.2, 0.25) is 0 Å². The molecule has 2 saturated carbocycles. The summed E-state index contributed by atoms with van der Waals surface area (Å²) in [5.41, 5.74) is -0.374. The normalized spacial score (nSPS) is 35.5. The third kappa shape index (κ3) is 2.57. The molecule has 1 N–H and O–H groups in total. The maximum Gasteiger partial charge on any atom is 0.326 e. The quantitative estimate of drug-likeness (QED) is 0.591. The molecule has 2 rings (SSSR count). The van der Waals surface area contributed by atoms with Crippen LogP contribution in [0.15, 0.2) is 0 Å². The molecule has 0 aliphatic heterocycles. The molecule has 0 heterocycles. The van der Waals surface area contributed by atoms with Crippen LogP contribution in [0, 0.1) is 5.92 Å². The highest BCUT2D eigenvalue weighted by atomic mass is 16.5. The molecule has 0 spiro atoms. The Morgan fingerprint density at radius 1 is 1.25 bits per heavy atom. The maximum absolute atomic E-state index is 12.0. The smallest absolute Gasteiger partial charge is 0.326 e. The van der Waals surface area contributed by atoms with Crippen LogP contribution in [-0.2, 0) is 9.53 Å². The summed E-state index contributed by atoms with van der Waals surface area (Å²) < 4.78 is 5.01. The van der Waals surface area contributed by atoms with Gasteiger partial charge in [0.1, 0.15) is 5.54 Å². The lowest BCUT2D eigenvalue weighted by Crippen LogP contribution is -2.53. The molecule has 16 heavy (non-hydrogen) atoms. The van der Waals surface area contributed by atoms with Crippen molar-refractivity contribution in [2.45, 2.75) is 63.5 Å². The Labute approximate surface area is 97.9 Å².